The lowest BCUT2D eigenvalue weighted by molar-refractivity contribution is -0.123. The minimum Gasteiger partial charge on any atom is -0.497 e. The number of carbonyl (C=O) groups excluding carboxylic acids is 12. The lowest BCUT2D eigenvalue weighted by Crippen LogP contribution is -2.54. The SMILES string of the molecule is CCOc1ccc(C#C[C@]2(CN3Cc4ccc(OC)cc4C3=O)NC(=O)NC2=O)cc1.COc1ccc2c(c1)C(=O)N(C[C@@]1(C#Cc3ccc4oc(C)cc4c3)NC(=O)NC1=O)C2.O=C1NC(=O)[C@](C#Cc2ccc(F)cc2F)(CN2Cc3ccc(F)cc3C2=O)N1.O=C1NC(=O)[C@](C#Cc2cccc(F)c2)(CN2Cc3ccc(F)cc3C2=O)N1. The molecule has 8 N–H and O–H groups in total. The van der Waals surface area contributed by atoms with Gasteiger partial charge < -0.3 is 59.5 Å². The average molecular weight is 1630 g/mol. The van der Waals surface area contributed by atoms with Crippen molar-refractivity contribution in [2.24, 2.45) is 0 Å². The second kappa shape index (κ2) is 32.8. The smallest absolute Gasteiger partial charge is 0.323 e. The average Bonchev–Trinajstić information content (AvgIpc) is 1.63. The Hall–Kier alpha value is -15.8. The van der Waals surface area contributed by atoms with Crippen LogP contribution in [-0.2, 0) is 45.4 Å². The molecular weight excluding hydrogens is 1560 g/mol. The van der Waals surface area contributed by atoms with E-state index in [4.69, 9.17) is 18.6 Å². The van der Waals surface area contributed by atoms with E-state index in [-0.39, 0.29) is 67.8 Å². The topological polar surface area (TPSA) is 355 Å². The van der Waals surface area contributed by atoms with Gasteiger partial charge in [-0.3, -0.25) is 59.6 Å². The Kier molecular flexibility index (Phi) is 22.1. The molecule has 0 radical (unpaired) electrons. The van der Waals surface area contributed by atoms with Gasteiger partial charge in [-0.15, -0.1) is 0 Å². The fraction of sp³-hybridized carbons (Fsp3) is 0.195. The molecule has 28 nitrogen and oxygen atoms in total. The lowest BCUT2D eigenvalue weighted by atomic mass is 9.99. The molecule has 0 spiro atoms. The van der Waals surface area contributed by atoms with E-state index in [2.05, 4.69) is 84.6 Å². The predicted molar refractivity (Wildman–Crippen MR) is 414 cm³/mol. The summed E-state index contributed by atoms with van der Waals surface area (Å²) in [7, 11) is 3.06. The summed E-state index contributed by atoms with van der Waals surface area (Å²) in [5, 5.41) is 19.5. The van der Waals surface area contributed by atoms with Gasteiger partial charge in [-0.05, 0) is 163 Å². The van der Waals surface area contributed by atoms with E-state index >= 15 is 0 Å². The molecule has 9 heterocycles. The molecule has 8 aromatic carbocycles. The molecule has 0 unspecified atom stereocenters. The second-order valence-corrected chi connectivity index (χ2v) is 28.2. The van der Waals surface area contributed by atoms with E-state index in [1.807, 2.05) is 43.4 Å². The first kappa shape index (κ1) is 80.8. The number of amides is 16. The maximum absolute atomic E-state index is 13.9. The Morgan fingerprint density at radius 2 is 0.742 bits per heavy atom. The first-order chi connectivity index (χ1) is 57.4. The summed E-state index contributed by atoms with van der Waals surface area (Å²) < 4.78 is 88.6. The lowest BCUT2D eigenvalue weighted by Gasteiger charge is -2.26. The van der Waals surface area contributed by atoms with Crippen molar-refractivity contribution in [2.75, 3.05) is 47.0 Å². The van der Waals surface area contributed by atoms with Crippen molar-refractivity contribution in [1.82, 2.24) is 62.1 Å². The number of urea groups is 4. The molecule has 0 saturated carbocycles. The Morgan fingerprint density at radius 1 is 0.383 bits per heavy atom. The molecular formula is C87H65F5N12O16. The molecule has 120 heavy (non-hydrogen) atoms. The van der Waals surface area contributed by atoms with Crippen molar-refractivity contribution in [3.05, 3.63) is 265 Å². The number of hydrogen-bond donors (Lipinski definition) is 8. The van der Waals surface area contributed by atoms with Crippen LogP contribution in [0.25, 0.3) is 11.0 Å². The van der Waals surface area contributed by atoms with Crippen LogP contribution in [0.1, 0.15) is 98.6 Å². The van der Waals surface area contributed by atoms with Crippen LogP contribution >= 0.6 is 0 Å². The number of methoxy groups -OCH3 is 2. The molecule has 16 amide bonds. The molecule has 8 aliphatic rings. The summed E-state index contributed by atoms with van der Waals surface area (Å²) in [5.74, 6) is 17.2. The second-order valence-electron chi connectivity index (χ2n) is 28.2. The summed E-state index contributed by atoms with van der Waals surface area (Å²) in [5.41, 5.74) is -0.240. The number of rotatable bonds is 12. The number of fused-ring (bicyclic) bond motifs is 5. The van der Waals surface area contributed by atoms with Crippen molar-refractivity contribution in [3.63, 3.8) is 0 Å². The number of aryl methyl sites for hydroxylation is 1. The maximum Gasteiger partial charge on any atom is 0.323 e. The minimum absolute atomic E-state index is 0.0789. The van der Waals surface area contributed by atoms with Gasteiger partial charge in [-0.2, -0.15) is 0 Å². The number of ether oxygens (including phenoxy) is 3. The van der Waals surface area contributed by atoms with Crippen molar-refractivity contribution in [2.45, 2.75) is 62.2 Å². The summed E-state index contributed by atoms with van der Waals surface area (Å²) in [6.07, 6.45) is 0. The van der Waals surface area contributed by atoms with Crippen LogP contribution in [0.2, 0.25) is 0 Å². The fourth-order valence-corrected chi connectivity index (χ4v) is 14.1. The molecule has 4 atom stereocenters. The highest BCUT2D eigenvalue weighted by atomic mass is 19.1. The van der Waals surface area contributed by atoms with Crippen molar-refractivity contribution >= 4 is 82.4 Å². The highest BCUT2D eigenvalue weighted by Crippen LogP contribution is 2.34. The molecule has 17 rings (SSSR count). The Labute approximate surface area is 678 Å². The third-order valence-electron chi connectivity index (χ3n) is 20.0. The normalized spacial score (nSPS) is 19.8. The molecule has 0 aliphatic carbocycles. The standard InChI is InChI=1S/C24H19N3O5.C23H21N3O5.C20H12F3N3O3.C20H13F2N3O3/c1-14-9-17-10-15(3-6-20(17)32-14)7-8-24(22(29)25-23(30)26-24)13-27-12-16-4-5-18(31-2)11-19(16)21(27)28;1-3-31-17-7-4-15(5-8-17)10-11-23(21(28)24-22(29)25-23)14-26-13-16-6-9-18(30-2)12-19(16)20(26)27;21-13-4-2-12-9-26(17(27)15(12)7-13)10-20(18(28)24-19(29)25-20)6-5-11-1-3-14(22)8-16(11)23;21-14-3-1-2-12(8-14)6-7-20(18(27)23-19(28)24-20)11-25-10-13-4-5-15(22)9-16(13)17(25)26/h3-6,9-11H,12-13H2,1-2H3,(H2,25,26,29,30);4-9,12H,3,13-14H2,1-2H3,(H2,24,25,28,29);1-4,7-8H,9-10H2,(H2,24,25,28,29);1-5,8-9H,10-11H2,(H2,23,24,27,28)/t24-;23-;2*20-/m1100/s1. The number of benzene rings is 8. The number of carbonyl (C=O) groups is 12. The van der Waals surface area contributed by atoms with Crippen LogP contribution in [0.5, 0.6) is 17.2 Å². The number of halogens is 5. The van der Waals surface area contributed by atoms with E-state index < -0.39 is 111 Å². The zero-order valence-corrected chi connectivity index (χ0v) is 63.7. The van der Waals surface area contributed by atoms with Crippen LogP contribution < -0.4 is 56.7 Å². The molecule has 604 valence electrons. The molecule has 8 aliphatic heterocycles. The number of nitrogens with one attached hydrogen (secondary N) is 8. The van der Waals surface area contributed by atoms with E-state index in [1.54, 1.807) is 66.7 Å². The van der Waals surface area contributed by atoms with Gasteiger partial charge in [0.1, 0.15) is 57.7 Å². The minimum atomic E-state index is -1.84. The van der Waals surface area contributed by atoms with Gasteiger partial charge in [-0.25, -0.2) is 41.1 Å². The van der Waals surface area contributed by atoms with Crippen LogP contribution in [0.3, 0.4) is 0 Å². The van der Waals surface area contributed by atoms with Crippen LogP contribution in [0.4, 0.5) is 41.1 Å². The van der Waals surface area contributed by atoms with E-state index in [9.17, 15) is 79.5 Å². The number of furan rings is 1. The van der Waals surface area contributed by atoms with Gasteiger partial charge in [0.2, 0.25) is 22.2 Å². The first-order valence-electron chi connectivity index (χ1n) is 36.6. The van der Waals surface area contributed by atoms with Crippen molar-refractivity contribution < 1.29 is 98.1 Å². The molecule has 33 heteroatoms. The first-order valence-corrected chi connectivity index (χ1v) is 36.6. The van der Waals surface area contributed by atoms with Crippen LogP contribution in [0, 0.1) is 83.4 Å². The monoisotopic (exact) mass is 1630 g/mol. The predicted octanol–water partition coefficient (Wildman–Crippen LogP) is 7.26. The van der Waals surface area contributed by atoms with Crippen LogP contribution in [0.15, 0.2) is 168 Å². The number of imide groups is 4. The van der Waals surface area contributed by atoms with Crippen LogP contribution in [-0.4, -0.2) is 160 Å². The van der Waals surface area contributed by atoms with Gasteiger partial charge in [0.25, 0.3) is 47.3 Å². The fourth-order valence-electron chi connectivity index (χ4n) is 14.1. The van der Waals surface area contributed by atoms with Gasteiger partial charge in [-0.1, -0.05) is 77.7 Å². The van der Waals surface area contributed by atoms with Crippen molar-refractivity contribution in [3.8, 4) is 64.6 Å². The highest BCUT2D eigenvalue weighted by molar-refractivity contribution is 6.13. The zero-order chi connectivity index (χ0) is 85.1. The van der Waals surface area contributed by atoms with Gasteiger partial charge in [0.15, 0.2) is 0 Å². The Morgan fingerprint density at radius 3 is 1.13 bits per heavy atom. The van der Waals surface area contributed by atoms with Gasteiger partial charge in [0.05, 0.1) is 52.6 Å². The summed E-state index contributed by atoms with van der Waals surface area (Å²) in [6, 6.07) is 38.0. The molecule has 9 aromatic rings. The number of hydrogen-bond acceptors (Lipinski definition) is 16. The van der Waals surface area contributed by atoms with Gasteiger partial charge >= 0.3 is 24.1 Å². The largest absolute Gasteiger partial charge is 0.497 e. The zero-order valence-electron chi connectivity index (χ0n) is 63.7. The Balaban J connectivity index is 0.000000131. The van der Waals surface area contributed by atoms with E-state index in [1.165, 1.54) is 76.3 Å². The van der Waals surface area contributed by atoms with Gasteiger partial charge in [0, 0.05) is 76.6 Å². The Bertz CT molecular complexity index is 6190. The summed E-state index contributed by atoms with van der Waals surface area (Å²) in [4.78, 5) is 154. The van der Waals surface area contributed by atoms with E-state index in [0.717, 1.165) is 52.1 Å². The summed E-state index contributed by atoms with van der Waals surface area (Å²) >= 11 is 0. The maximum atomic E-state index is 13.9. The molecule has 4 fully saturated rings. The summed E-state index contributed by atoms with van der Waals surface area (Å²) in [6.45, 7) is 4.44. The number of nitrogens with zero attached hydrogens (tertiary/aromatic N) is 4. The third kappa shape index (κ3) is 16.9. The molecule has 0 bridgehead atoms. The van der Waals surface area contributed by atoms with E-state index in [0.29, 0.717) is 82.0 Å². The quantitative estimate of drug-likeness (QED) is 0.0339. The molecule has 1 aromatic heterocycles. The molecule has 4 saturated heterocycles. The van der Waals surface area contributed by atoms with Crippen molar-refractivity contribution in [1.29, 1.82) is 0 Å². The third-order valence-corrected chi connectivity index (χ3v) is 20.0. The highest BCUT2D eigenvalue weighted by Gasteiger charge is 2.53.